The van der Waals surface area contributed by atoms with Crippen molar-refractivity contribution in [3.05, 3.63) is 69.1 Å². The number of hydrogen-bond acceptors (Lipinski definition) is 3. The summed E-state index contributed by atoms with van der Waals surface area (Å²) in [5.41, 5.74) is 3.11. The molecule has 1 aromatic heterocycles. The van der Waals surface area contributed by atoms with Crippen LogP contribution in [0.25, 0.3) is 0 Å². The Morgan fingerprint density at radius 2 is 2.08 bits per heavy atom. The zero-order valence-electron chi connectivity index (χ0n) is 13.7. The molecule has 4 rings (SSSR count). The van der Waals surface area contributed by atoms with Gasteiger partial charge in [0.05, 0.1) is 18.7 Å². The number of fused-ring (bicyclic) bond motifs is 2. The van der Waals surface area contributed by atoms with Crippen LogP contribution in [0.4, 0.5) is 0 Å². The highest BCUT2D eigenvalue weighted by atomic mass is 16.5. The lowest BCUT2D eigenvalue weighted by Gasteiger charge is -2.41. The molecule has 2 aliphatic rings. The zero-order valence-corrected chi connectivity index (χ0v) is 13.7. The largest absolute Gasteiger partial charge is 0.367 e. The van der Waals surface area contributed by atoms with Gasteiger partial charge < -0.3 is 14.6 Å². The molecule has 0 radical (unpaired) electrons. The predicted molar refractivity (Wildman–Crippen MR) is 90.1 cm³/mol. The van der Waals surface area contributed by atoms with Gasteiger partial charge in [-0.2, -0.15) is 0 Å². The predicted octanol–water partition coefficient (Wildman–Crippen LogP) is 2.00. The smallest absolute Gasteiger partial charge is 0.255 e. The molecule has 5 nitrogen and oxygen atoms in total. The van der Waals surface area contributed by atoms with Gasteiger partial charge in [0.15, 0.2) is 0 Å². The molecule has 24 heavy (non-hydrogen) atoms. The molecule has 1 aromatic carbocycles. The van der Waals surface area contributed by atoms with Crippen LogP contribution in [0.2, 0.25) is 0 Å². The third-order valence-corrected chi connectivity index (χ3v) is 5.13. The van der Waals surface area contributed by atoms with Crippen LogP contribution in [-0.2, 0) is 16.8 Å². The van der Waals surface area contributed by atoms with Gasteiger partial charge in [-0.25, -0.2) is 0 Å². The highest BCUT2D eigenvalue weighted by Crippen LogP contribution is 2.42. The Bertz CT molecular complexity index is 854. The third kappa shape index (κ3) is 2.36. The van der Waals surface area contributed by atoms with Gasteiger partial charge in [0.25, 0.3) is 5.91 Å². The maximum absolute atomic E-state index is 12.9. The van der Waals surface area contributed by atoms with Crippen molar-refractivity contribution >= 4 is 5.91 Å². The normalized spacial score (nSPS) is 22.6. The van der Waals surface area contributed by atoms with Crippen molar-refractivity contribution in [1.29, 1.82) is 0 Å². The number of ether oxygens (including phenoxy) is 1. The second-order valence-corrected chi connectivity index (χ2v) is 6.59. The van der Waals surface area contributed by atoms with Crippen molar-refractivity contribution in [1.82, 2.24) is 9.88 Å². The third-order valence-electron chi connectivity index (χ3n) is 5.13. The van der Waals surface area contributed by atoms with Gasteiger partial charge in [0, 0.05) is 18.3 Å². The molecule has 1 amide bonds. The molecular weight excluding hydrogens is 304 g/mol. The lowest BCUT2D eigenvalue weighted by molar-refractivity contribution is -0.103. The average molecular weight is 324 g/mol. The van der Waals surface area contributed by atoms with Crippen LogP contribution >= 0.6 is 0 Å². The maximum atomic E-state index is 12.9. The summed E-state index contributed by atoms with van der Waals surface area (Å²) in [6, 6.07) is 11.3. The van der Waals surface area contributed by atoms with Gasteiger partial charge in [-0.3, -0.25) is 9.59 Å². The fourth-order valence-electron chi connectivity index (χ4n) is 3.91. The number of carbonyl (C=O) groups is 1. The number of aromatic amines is 1. The van der Waals surface area contributed by atoms with Crippen molar-refractivity contribution < 1.29 is 9.53 Å². The fourth-order valence-corrected chi connectivity index (χ4v) is 3.91. The highest BCUT2D eigenvalue weighted by molar-refractivity contribution is 5.95. The molecule has 2 aromatic rings. The summed E-state index contributed by atoms with van der Waals surface area (Å²) in [5.74, 6) is -0.0455. The van der Waals surface area contributed by atoms with E-state index >= 15 is 0 Å². The van der Waals surface area contributed by atoms with E-state index in [0.29, 0.717) is 31.0 Å². The molecular formula is C19H20N2O3. The van der Waals surface area contributed by atoms with Crippen LogP contribution in [0, 0.1) is 6.92 Å². The first-order valence-electron chi connectivity index (χ1n) is 8.31. The van der Waals surface area contributed by atoms with Crippen molar-refractivity contribution in [2.75, 3.05) is 19.7 Å². The van der Waals surface area contributed by atoms with Crippen molar-refractivity contribution in [3.63, 3.8) is 0 Å². The summed E-state index contributed by atoms with van der Waals surface area (Å²) >= 11 is 0. The Morgan fingerprint density at radius 1 is 1.25 bits per heavy atom. The Kier molecular flexibility index (Phi) is 3.53. The van der Waals surface area contributed by atoms with Gasteiger partial charge in [-0.15, -0.1) is 0 Å². The minimum Gasteiger partial charge on any atom is -0.367 e. The fraction of sp³-hybridized carbons (Fsp3) is 0.368. The van der Waals surface area contributed by atoms with Crippen molar-refractivity contribution in [2.24, 2.45) is 0 Å². The second-order valence-electron chi connectivity index (χ2n) is 6.59. The van der Waals surface area contributed by atoms with E-state index in [9.17, 15) is 9.59 Å². The minimum absolute atomic E-state index is 0.0455. The van der Waals surface area contributed by atoms with E-state index in [-0.39, 0.29) is 17.1 Å². The molecule has 1 atom stereocenters. The Morgan fingerprint density at radius 3 is 2.92 bits per heavy atom. The monoisotopic (exact) mass is 324 g/mol. The molecule has 1 spiro atoms. The van der Waals surface area contributed by atoms with Crippen LogP contribution in [-0.4, -0.2) is 35.5 Å². The quantitative estimate of drug-likeness (QED) is 0.873. The number of hydrogen-bond donors (Lipinski definition) is 1. The van der Waals surface area contributed by atoms with Crippen LogP contribution in [0.15, 0.2) is 41.2 Å². The summed E-state index contributed by atoms with van der Waals surface area (Å²) in [6.07, 6.45) is 1.89. The van der Waals surface area contributed by atoms with Gasteiger partial charge in [0.1, 0.15) is 5.60 Å². The highest BCUT2D eigenvalue weighted by Gasteiger charge is 2.44. The number of H-pyrrole nitrogens is 1. The number of benzene rings is 1. The zero-order chi connectivity index (χ0) is 16.7. The summed E-state index contributed by atoms with van der Waals surface area (Å²) in [6.45, 7) is 3.42. The number of nitrogens with zero attached hydrogens (tertiary/aromatic N) is 1. The maximum Gasteiger partial charge on any atom is 0.255 e. The number of pyridine rings is 1. The lowest BCUT2D eigenvalue weighted by Crippen LogP contribution is -2.51. The van der Waals surface area contributed by atoms with Crippen molar-refractivity contribution in [3.8, 4) is 0 Å². The standard InChI is InChI=1S/C19H20N2O3/c1-13-15(6-7-17(22)20-13)18(23)21-10-11-24-19(12-21)9-8-14-4-2-3-5-16(14)19/h2-7H,8-12H2,1H3,(H,20,22)/t19-/m1/s1. The van der Waals surface area contributed by atoms with E-state index in [0.717, 1.165) is 12.8 Å². The van der Waals surface area contributed by atoms with Crippen LogP contribution in [0.3, 0.4) is 0 Å². The molecule has 1 aliphatic carbocycles. The number of aromatic nitrogens is 1. The van der Waals surface area contributed by atoms with E-state index in [1.54, 1.807) is 13.0 Å². The molecule has 0 bridgehead atoms. The number of nitrogens with one attached hydrogen (secondary N) is 1. The number of carbonyl (C=O) groups excluding carboxylic acids is 1. The molecule has 1 fully saturated rings. The molecule has 1 saturated heterocycles. The Labute approximate surface area is 140 Å². The van der Waals surface area contributed by atoms with Crippen LogP contribution < -0.4 is 5.56 Å². The molecule has 2 heterocycles. The molecule has 1 N–H and O–H groups in total. The molecule has 0 saturated carbocycles. The number of amides is 1. The van der Waals surface area contributed by atoms with E-state index < -0.39 is 0 Å². The second kappa shape index (κ2) is 5.60. The SMILES string of the molecule is Cc1[nH]c(=O)ccc1C(=O)N1CCO[C@]2(CCc3ccccc32)C1. The summed E-state index contributed by atoms with van der Waals surface area (Å²) in [4.78, 5) is 28.9. The first-order chi connectivity index (χ1) is 11.6. The van der Waals surface area contributed by atoms with E-state index in [4.69, 9.17) is 4.74 Å². The number of aryl methyl sites for hydroxylation is 2. The number of rotatable bonds is 1. The van der Waals surface area contributed by atoms with Crippen molar-refractivity contribution in [2.45, 2.75) is 25.4 Å². The lowest BCUT2D eigenvalue weighted by atomic mass is 9.93. The summed E-state index contributed by atoms with van der Waals surface area (Å²) < 4.78 is 6.17. The first-order valence-corrected chi connectivity index (χ1v) is 8.31. The minimum atomic E-state index is -0.388. The first kappa shape index (κ1) is 15.1. The summed E-state index contributed by atoms with van der Waals surface area (Å²) in [7, 11) is 0. The van der Waals surface area contributed by atoms with E-state index in [2.05, 4.69) is 17.1 Å². The molecule has 1 aliphatic heterocycles. The molecule has 124 valence electrons. The van der Waals surface area contributed by atoms with Gasteiger partial charge in [-0.05, 0) is 37.0 Å². The Hall–Kier alpha value is -2.40. The average Bonchev–Trinajstić information content (AvgIpc) is 2.93. The van der Waals surface area contributed by atoms with E-state index in [1.807, 2.05) is 17.0 Å². The van der Waals surface area contributed by atoms with Gasteiger partial charge in [0.2, 0.25) is 5.56 Å². The van der Waals surface area contributed by atoms with Gasteiger partial charge in [-0.1, -0.05) is 24.3 Å². The topological polar surface area (TPSA) is 62.4 Å². The van der Waals surface area contributed by atoms with Crippen LogP contribution in [0.1, 0.15) is 33.6 Å². The van der Waals surface area contributed by atoms with E-state index in [1.165, 1.54) is 17.2 Å². The Balaban J connectivity index is 1.64. The summed E-state index contributed by atoms with van der Waals surface area (Å²) in [5, 5.41) is 0. The number of morpholine rings is 1. The van der Waals surface area contributed by atoms with Gasteiger partial charge >= 0.3 is 0 Å². The molecule has 5 heteroatoms. The molecule has 0 unspecified atom stereocenters. The van der Waals surface area contributed by atoms with Crippen LogP contribution in [0.5, 0.6) is 0 Å².